The largest absolute Gasteiger partial charge is 0.278 e. The predicted molar refractivity (Wildman–Crippen MR) is 167 cm³/mol. The molecule has 1 fully saturated rings. The van der Waals surface area contributed by atoms with E-state index in [1.807, 2.05) is 47.8 Å². The van der Waals surface area contributed by atoms with Crippen molar-refractivity contribution in [1.82, 2.24) is 14.5 Å². The smallest absolute Gasteiger partial charge is 0.268 e. The monoisotopic (exact) mass is 619 g/mol. The van der Waals surface area contributed by atoms with Crippen molar-refractivity contribution >= 4 is 68.3 Å². The quantitative estimate of drug-likeness (QED) is 0.149. The van der Waals surface area contributed by atoms with Crippen LogP contribution in [0.15, 0.2) is 94.2 Å². The molecule has 6 rings (SSSR count). The average molecular weight is 621 g/mol. The highest BCUT2D eigenvalue weighted by Gasteiger charge is 2.34. The Labute approximate surface area is 254 Å². The Morgan fingerprint density at radius 2 is 1.59 bits per heavy atom. The lowest BCUT2D eigenvalue weighted by molar-refractivity contribution is -0.127. The number of aromatic nitrogens is 2. The Morgan fingerprint density at radius 1 is 0.902 bits per heavy atom. The lowest BCUT2D eigenvalue weighted by Gasteiger charge is -2.23. The van der Waals surface area contributed by atoms with Gasteiger partial charge in [-0.3, -0.25) is 23.9 Å². The maximum atomic E-state index is 14.2. The number of fused-ring (bicyclic) bond motifs is 1. The molecule has 2 aromatic heterocycles. The third kappa shape index (κ3) is 5.57. The van der Waals surface area contributed by atoms with Crippen LogP contribution in [0.25, 0.3) is 27.0 Å². The average Bonchev–Trinajstić information content (AvgIpc) is 3.33. The maximum absolute atomic E-state index is 14.2. The maximum Gasteiger partial charge on any atom is 0.268 e. The van der Waals surface area contributed by atoms with Gasteiger partial charge in [-0.15, -0.1) is 11.3 Å². The van der Waals surface area contributed by atoms with E-state index in [1.165, 1.54) is 28.0 Å². The van der Waals surface area contributed by atoms with Gasteiger partial charge in [-0.05, 0) is 66.9 Å². The Kier molecular flexibility index (Phi) is 7.99. The van der Waals surface area contributed by atoms with Gasteiger partial charge < -0.3 is 0 Å². The fraction of sp³-hybridized carbons (Fsp3) is 0.161. The number of halogens is 2. The van der Waals surface area contributed by atoms with Gasteiger partial charge in [0.15, 0.2) is 5.16 Å². The summed E-state index contributed by atoms with van der Waals surface area (Å²) in [5.41, 5.74) is 2.49. The Hall–Kier alpha value is -3.43. The van der Waals surface area contributed by atoms with Crippen LogP contribution in [0, 0.1) is 0 Å². The molecule has 6 nitrogen and oxygen atoms in total. The van der Waals surface area contributed by atoms with Gasteiger partial charge in [0.25, 0.3) is 11.5 Å². The summed E-state index contributed by atoms with van der Waals surface area (Å²) < 4.78 is 1.57. The minimum Gasteiger partial charge on any atom is -0.278 e. The highest BCUT2D eigenvalue weighted by atomic mass is 35.5. The summed E-state index contributed by atoms with van der Waals surface area (Å²) in [5, 5.41) is 3.40. The van der Waals surface area contributed by atoms with Gasteiger partial charge in [0.1, 0.15) is 4.83 Å². The lowest BCUT2D eigenvalue weighted by Crippen LogP contribution is -2.41. The molecule has 0 radical (unpaired) electrons. The third-order valence-electron chi connectivity index (χ3n) is 6.97. The highest BCUT2D eigenvalue weighted by molar-refractivity contribution is 8.00. The van der Waals surface area contributed by atoms with E-state index in [1.54, 1.807) is 41.0 Å². The van der Waals surface area contributed by atoms with Crippen LogP contribution in [0.3, 0.4) is 0 Å². The molecule has 2 amide bonds. The molecule has 1 aliphatic heterocycles. The summed E-state index contributed by atoms with van der Waals surface area (Å²) in [4.78, 5) is 48.1. The molecule has 206 valence electrons. The molecule has 1 saturated heterocycles. The minimum absolute atomic E-state index is 0.218. The Morgan fingerprint density at radius 3 is 2.29 bits per heavy atom. The molecule has 0 spiro atoms. The first-order valence-corrected chi connectivity index (χ1v) is 15.6. The van der Waals surface area contributed by atoms with Gasteiger partial charge in [-0.1, -0.05) is 71.7 Å². The fourth-order valence-electron chi connectivity index (χ4n) is 4.89. The van der Waals surface area contributed by atoms with Crippen molar-refractivity contribution in [2.75, 3.05) is 6.54 Å². The molecule has 3 heterocycles. The molecular formula is C31H23Cl2N3O3S2. The molecule has 41 heavy (non-hydrogen) atoms. The normalized spacial score (nSPS) is 15.7. The lowest BCUT2D eigenvalue weighted by atomic mass is 10.1. The second-order valence-corrected chi connectivity index (χ2v) is 12.5. The third-order valence-corrected chi connectivity index (χ3v) is 9.55. The number of nitrogens with zero attached hydrogens (tertiary/aromatic N) is 3. The zero-order chi connectivity index (χ0) is 28.5. The molecule has 0 N–H and O–H groups in total. The van der Waals surface area contributed by atoms with Crippen molar-refractivity contribution in [2.24, 2.45) is 0 Å². The zero-order valence-corrected chi connectivity index (χ0v) is 24.8. The van der Waals surface area contributed by atoms with Crippen molar-refractivity contribution < 1.29 is 9.59 Å². The summed E-state index contributed by atoms with van der Waals surface area (Å²) in [6.07, 6.45) is 2.04. The summed E-state index contributed by atoms with van der Waals surface area (Å²) in [6.45, 7) is 0.338. The molecule has 0 saturated carbocycles. The SMILES string of the molecule is O=C(c1ccc(Cl)cc1)N1CCCCC(Sc2nc3scc(-c4ccc(Cl)cc4)c3c(=O)n2-c2ccccc2)C1=O. The number of likely N-dealkylation sites (tertiary alicyclic amines) is 1. The van der Waals surface area contributed by atoms with E-state index >= 15 is 0 Å². The zero-order valence-electron chi connectivity index (χ0n) is 21.6. The van der Waals surface area contributed by atoms with Crippen LogP contribution < -0.4 is 5.56 Å². The first kappa shape index (κ1) is 27.7. The van der Waals surface area contributed by atoms with E-state index in [0.29, 0.717) is 56.1 Å². The van der Waals surface area contributed by atoms with E-state index in [0.717, 1.165) is 17.5 Å². The first-order valence-electron chi connectivity index (χ1n) is 13.0. The molecule has 0 bridgehead atoms. The number of thioether (sulfide) groups is 1. The van der Waals surface area contributed by atoms with E-state index in [2.05, 4.69) is 0 Å². The van der Waals surface area contributed by atoms with Crippen LogP contribution in [-0.4, -0.2) is 38.1 Å². The van der Waals surface area contributed by atoms with E-state index in [4.69, 9.17) is 28.2 Å². The van der Waals surface area contributed by atoms with Gasteiger partial charge in [0.2, 0.25) is 5.91 Å². The van der Waals surface area contributed by atoms with Crippen molar-refractivity contribution in [3.05, 3.63) is 110 Å². The van der Waals surface area contributed by atoms with Crippen LogP contribution in [0.5, 0.6) is 0 Å². The number of carbonyl (C=O) groups excluding carboxylic acids is 2. The van der Waals surface area contributed by atoms with E-state index in [9.17, 15) is 14.4 Å². The molecular weight excluding hydrogens is 597 g/mol. The first-order chi connectivity index (χ1) is 19.9. The van der Waals surface area contributed by atoms with Crippen molar-refractivity contribution in [3.8, 4) is 16.8 Å². The fourth-order valence-corrected chi connectivity index (χ4v) is 7.34. The van der Waals surface area contributed by atoms with Crippen LogP contribution in [0.2, 0.25) is 10.0 Å². The summed E-state index contributed by atoms with van der Waals surface area (Å²) in [6, 6.07) is 23.2. The van der Waals surface area contributed by atoms with Crippen LogP contribution in [0.1, 0.15) is 29.6 Å². The standard InChI is InChI=1S/C31H23Cl2N3O3S2/c32-21-13-9-19(10-14-21)24-18-40-27-26(24)30(39)36(23-6-2-1-3-7-23)31(34-27)41-25-8-4-5-17-35(29(25)38)28(37)20-11-15-22(33)16-12-20/h1-3,6-7,9-16,18,25H,4-5,8,17H2. The Bertz CT molecular complexity index is 1800. The number of imide groups is 1. The second-order valence-electron chi connectivity index (χ2n) is 9.61. The van der Waals surface area contributed by atoms with Gasteiger partial charge in [0.05, 0.1) is 16.3 Å². The van der Waals surface area contributed by atoms with Gasteiger partial charge >= 0.3 is 0 Å². The van der Waals surface area contributed by atoms with E-state index < -0.39 is 5.25 Å². The topological polar surface area (TPSA) is 72.3 Å². The molecule has 0 aliphatic carbocycles. The number of hydrogen-bond donors (Lipinski definition) is 0. The van der Waals surface area contributed by atoms with Crippen LogP contribution in [0.4, 0.5) is 0 Å². The molecule has 3 aromatic carbocycles. The number of benzene rings is 3. The number of amides is 2. The van der Waals surface area contributed by atoms with Crippen molar-refractivity contribution in [3.63, 3.8) is 0 Å². The number of para-hydroxylation sites is 1. The van der Waals surface area contributed by atoms with Gasteiger partial charge in [-0.2, -0.15) is 0 Å². The second kappa shape index (κ2) is 11.8. The summed E-state index contributed by atoms with van der Waals surface area (Å²) >= 11 is 14.7. The number of hydrogen-bond acceptors (Lipinski definition) is 6. The minimum atomic E-state index is -0.580. The predicted octanol–water partition coefficient (Wildman–Crippen LogP) is 7.73. The molecule has 1 unspecified atom stereocenters. The number of carbonyl (C=O) groups is 2. The van der Waals surface area contributed by atoms with Crippen molar-refractivity contribution in [1.29, 1.82) is 0 Å². The molecule has 1 aliphatic rings. The van der Waals surface area contributed by atoms with E-state index in [-0.39, 0.29) is 17.4 Å². The molecule has 1 atom stereocenters. The Balaban J connectivity index is 1.42. The van der Waals surface area contributed by atoms with Gasteiger partial charge in [0, 0.05) is 33.1 Å². The summed E-state index contributed by atoms with van der Waals surface area (Å²) in [7, 11) is 0. The highest BCUT2D eigenvalue weighted by Crippen LogP contribution is 2.36. The van der Waals surface area contributed by atoms with Crippen molar-refractivity contribution in [2.45, 2.75) is 29.7 Å². The van der Waals surface area contributed by atoms with Gasteiger partial charge in [-0.25, -0.2) is 4.98 Å². The van der Waals surface area contributed by atoms with Crippen LogP contribution >= 0.6 is 46.3 Å². The number of thiophene rings is 1. The van der Waals surface area contributed by atoms with Crippen LogP contribution in [-0.2, 0) is 4.79 Å². The summed E-state index contributed by atoms with van der Waals surface area (Å²) in [5.74, 6) is -0.636. The number of rotatable bonds is 5. The molecule has 5 aromatic rings. The molecule has 10 heteroatoms.